The number of halogens is 3. The van der Waals surface area contributed by atoms with Gasteiger partial charge in [-0.2, -0.15) is 13.2 Å². The quantitative estimate of drug-likeness (QED) is 0.833. The van der Waals surface area contributed by atoms with Crippen LogP contribution in [0.2, 0.25) is 0 Å². The maximum Gasteiger partial charge on any atom is 0.446 e. The zero-order chi connectivity index (χ0) is 17.0. The Bertz CT molecular complexity index is 537. The number of amides is 2. The summed E-state index contributed by atoms with van der Waals surface area (Å²) in [6.45, 7) is 5.23. The van der Waals surface area contributed by atoms with Crippen molar-refractivity contribution in [2.24, 2.45) is 0 Å². The highest BCUT2D eigenvalue weighted by atomic mass is 32.2. The van der Waals surface area contributed by atoms with Gasteiger partial charge in [-0.05, 0) is 56.8 Å². The third kappa shape index (κ3) is 7.35. The first-order valence-corrected chi connectivity index (χ1v) is 7.23. The Morgan fingerprint density at radius 2 is 1.64 bits per heavy atom. The third-order valence-corrected chi connectivity index (χ3v) is 3.01. The van der Waals surface area contributed by atoms with Crippen LogP contribution in [0.5, 0.6) is 0 Å². The lowest BCUT2D eigenvalue weighted by atomic mass is 10.1. The second-order valence-electron chi connectivity index (χ2n) is 5.55. The van der Waals surface area contributed by atoms with Crippen molar-refractivity contribution in [1.29, 1.82) is 0 Å². The van der Waals surface area contributed by atoms with E-state index in [1.807, 2.05) is 20.8 Å². The van der Waals surface area contributed by atoms with Crippen LogP contribution in [0.4, 0.5) is 13.2 Å². The van der Waals surface area contributed by atoms with Gasteiger partial charge in [0.15, 0.2) is 0 Å². The van der Waals surface area contributed by atoms with Gasteiger partial charge in [0.1, 0.15) is 0 Å². The second kappa shape index (κ2) is 7.04. The monoisotopic (exact) mass is 334 g/mol. The van der Waals surface area contributed by atoms with Gasteiger partial charge in [-0.15, -0.1) is 0 Å². The summed E-state index contributed by atoms with van der Waals surface area (Å²) in [5.41, 5.74) is -4.58. The van der Waals surface area contributed by atoms with Crippen LogP contribution in [0, 0.1) is 0 Å². The van der Waals surface area contributed by atoms with Crippen LogP contribution in [0.1, 0.15) is 31.1 Å². The van der Waals surface area contributed by atoms with Crippen LogP contribution >= 0.6 is 11.8 Å². The molecule has 0 aliphatic rings. The van der Waals surface area contributed by atoms with E-state index in [2.05, 4.69) is 10.6 Å². The molecular weight excluding hydrogens is 317 g/mol. The number of benzene rings is 1. The Balaban J connectivity index is 2.54. The molecule has 1 rings (SSSR count). The summed E-state index contributed by atoms with van der Waals surface area (Å²) in [5.74, 6) is -0.863. The summed E-state index contributed by atoms with van der Waals surface area (Å²) >= 11 is -0.250. The standard InChI is InChI=1S/C14H17F3N2O2S/c1-13(2,3)19-11(20)8-18-12(21)9-4-6-10(7-5-9)22-14(15,16)17/h4-7H,8H2,1-3H3,(H,18,21)(H,19,20). The van der Waals surface area contributed by atoms with Crippen molar-refractivity contribution in [3.8, 4) is 0 Å². The number of nitrogens with one attached hydrogen (secondary N) is 2. The minimum absolute atomic E-state index is 0.00507. The van der Waals surface area contributed by atoms with Gasteiger partial charge in [0, 0.05) is 16.0 Å². The fraction of sp³-hybridized carbons (Fsp3) is 0.429. The molecule has 0 spiro atoms. The van der Waals surface area contributed by atoms with Crippen molar-refractivity contribution in [3.63, 3.8) is 0 Å². The predicted octanol–water partition coefficient (Wildman–Crippen LogP) is 2.94. The van der Waals surface area contributed by atoms with E-state index in [4.69, 9.17) is 0 Å². The Hall–Kier alpha value is -1.70. The molecule has 0 saturated heterocycles. The maximum atomic E-state index is 12.2. The van der Waals surface area contributed by atoms with Gasteiger partial charge >= 0.3 is 5.51 Å². The molecule has 0 unspecified atom stereocenters. The molecule has 0 bridgehead atoms. The first-order valence-electron chi connectivity index (χ1n) is 6.41. The van der Waals surface area contributed by atoms with Crippen molar-refractivity contribution >= 4 is 23.6 Å². The van der Waals surface area contributed by atoms with Gasteiger partial charge in [0.05, 0.1) is 6.54 Å². The third-order valence-electron chi connectivity index (χ3n) is 2.27. The average molecular weight is 334 g/mol. The number of hydrogen-bond acceptors (Lipinski definition) is 3. The number of carbonyl (C=O) groups is 2. The van der Waals surface area contributed by atoms with Crippen molar-refractivity contribution < 1.29 is 22.8 Å². The molecule has 0 aromatic heterocycles. The smallest absolute Gasteiger partial charge is 0.350 e. The summed E-state index contributed by atoms with van der Waals surface area (Å²) in [4.78, 5) is 23.3. The fourth-order valence-electron chi connectivity index (χ4n) is 1.53. The van der Waals surface area contributed by atoms with Crippen molar-refractivity contribution in [2.75, 3.05) is 6.54 Å². The van der Waals surface area contributed by atoms with Gasteiger partial charge < -0.3 is 10.6 Å². The molecule has 1 aromatic carbocycles. The zero-order valence-corrected chi connectivity index (χ0v) is 13.2. The molecule has 2 N–H and O–H groups in total. The highest BCUT2D eigenvalue weighted by Crippen LogP contribution is 2.36. The van der Waals surface area contributed by atoms with Crippen LogP contribution in [-0.2, 0) is 4.79 Å². The van der Waals surface area contributed by atoms with Crippen molar-refractivity contribution in [3.05, 3.63) is 29.8 Å². The molecule has 0 fully saturated rings. The second-order valence-corrected chi connectivity index (χ2v) is 6.69. The zero-order valence-electron chi connectivity index (χ0n) is 12.4. The molecule has 0 saturated carbocycles. The summed E-state index contributed by atoms with van der Waals surface area (Å²) in [6, 6.07) is 4.99. The lowest BCUT2D eigenvalue weighted by molar-refractivity contribution is -0.121. The highest BCUT2D eigenvalue weighted by Gasteiger charge is 2.29. The lowest BCUT2D eigenvalue weighted by Crippen LogP contribution is -2.45. The lowest BCUT2D eigenvalue weighted by Gasteiger charge is -2.20. The molecule has 0 atom stereocenters. The van der Waals surface area contributed by atoms with E-state index in [-0.39, 0.29) is 34.7 Å². The normalized spacial score (nSPS) is 11.9. The SMILES string of the molecule is CC(C)(C)NC(=O)CNC(=O)c1ccc(SC(F)(F)F)cc1. The topological polar surface area (TPSA) is 58.2 Å². The first kappa shape index (κ1) is 18.3. The molecule has 22 heavy (non-hydrogen) atoms. The molecule has 0 aliphatic heterocycles. The van der Waals surface area contributed by atoms with Crippen LogP contribution in [0.3, 0.4) is 0 Å². The Labute approximate surface area is 130 Å². The largest absolute Gasteiger partial charge is 0.446 e. The predicted molar refractivity (Wildman–Crippen MR) is 78.6 cm³/mol. The van der Waals surface area contributed by atoms with E-state index >= 15 is 0 Å². The molecule has 0 heterocycles. The van der Waals surface area contributed by atoms with E-state index in [0.717, 1.165) is 0 Å². The Morgan fingerprint density at radius 1 is 1.09 bits per heavy atom. The minimum Gasteiger partial charge on any atom is -0.350 e. The summed E-state index contributed by atoms with van der Waals surface area (Å²) < 4.78 is 36.6. The molecule has 0 aliphatic carbocycles. The van der Waals surface area contributed by atoms with Gasteiger partial charge in [-0.25, -0.2) is 0 Å². The van der Waals surface area contributed by atoms with Gasteiger partial charge in [0.2, 0.25) is 5.91 Å². The molecule has 0 radical (unpaired) electrons. The summed E-state index contributed by atoms with van der Waals surface area (Å²) in [7, 11) is 0. The van der Waals surface area contributed by atoms with E-state index in [1.54, 1.807) is 0 Å². The van der Waals surface area contributed by atoms with E-state index in [9.17, 15) is 22.8 Å². The van der Waals surface area contributed by atoms with Crippen molar-refractivity contribution in [2.45, 2.75) is 36.7 Å². The van der Waals surface area contributed by atoms with Gasteiger partial charge in [-0.3, -0.25) is 9.59 Å². The molecule has 1 aromatic rings. The number of rotatable bonds is 4. The molecular formula is C14H17F3N2O2S. The van der Waals surface area contributed by atoms with Crippen LogP contribution in [0.25, 0.3) is 0 Å². The Morgan fingerprint density at radius 3 is 2.09 bits per heavy atom. The number of carbonyl (C=O) groups excluding carboxylic acids is 2. The summed E-state index contributed by atoms with van der Waals surface area (Å²) in [6.07, 6.45) is 0. The number of thioether (sulfide) groups is 1. The Kier molecular flexibility index (Phi) is 5.87. The van der Waals surface area contributed by atoms with Crippen LogP contribution < -0.4 is 10.6 Å². The minimum atomic E-state index is -4.37. The molecule has 122 valence electrons. The van der Waals surface area contributed by atoms with Crippen molar-refractivity contribution in [1.82, 2.24) is 10.6 Å². The summed E-state index contributed by atoms with van der Waals surface area (Å²) in [5, 5.41) is 5.09. The first-order chi connectivity index (χ1) is 9.96. The number of hydrogen-bond donors (Lipinski definition) is 2. The van der Waals surface area contributed by atoms with Gasteiger partial charge in [-0.1, -0.05) is 0 Å². The molecule has 2 amide bonds. The number of alkyl halides is 3. The van der Waals surface area contributed by atoms with E-state index < -0.39 is 17.0 Å². The van der Waals surface area contributed by atoms with E-state index in [0.29, 0.717) is 0 Å². The average Bonchev–Trinajstić information content (AvgIpc) is 2.33. The fourth-order valence-corrected chi connectivity index (χ4v) is 2.07. The van der Waals surface area contributed by atoms with Gasteiger partial charge in [0.25, 0.3) is 5.91 Å². The van der Waals surface area contributed by atoms with Crippen LogP contribution in [0.15, 0.2) is 29.2 Å². The van der Waals surface area contributed by atoms with Crippen LogP contribution in [-0.4, -0.2) is 29.4 Å². The molecule has 4 nitrogen and oxygen atoms in total. The van der Waals surface area contributed by atoms with E-state index in [1.165, 1.54) is 24.3 Å². The maximum absolute atomic E-state index is 12.2. The highest BCUT2D eigenvalue weighted by molar-refractivity contribution is 8.00. The molecule has 8 heteroatoms.